The molecular weight excluding hydrogens is 542 g/mol. The summed E-state index contributed by atoms with van der Waals surface area (Å²) >= 11 is 0. The van der Waals surface area contributed by atoms with Crippen LogP contribution >= 0.6 is 0 Å². The van der Waals surface area contributed by atoms with Gasteiger partial charge in [0, 0.05) is 38.6 Å². The van der Waals surface area contributed by atoms with Crippen molar-refractivity contribution in [3.8, 4) is 0 Å². The first kappa shape index (κ1) is 29.5. The van der Waals surface area contributed by atoms with Crippen LogP contribution in [0, 0.1) is 0 Å². The summed E-state index contributed by atoms with van der Waals surface area (Å²) in [5, 5.41) is 21.1. The van der Waals surface area contributed by atoms with E-state index in [0.717, 1.165) is 19.3 Å². The van der Waals surface area contributed by atoms with E-state index < -0.39 is 29.2 Å². The fourth-order valence-electron chi connectivity index (χ4n) is 5.44. The molecule has 1 saturated heterocycles. The van der Waals surface area contributed by atoms with Crippen molar-refractivity contribution in [2.75, 3.05) is 30.5 Å². The smallest absolute Gasteiger partial charge is 0.415 e. The Kier molecular flexibility index (Phi) is 7.99. The van der Waals surface area contributed by atoms with Gasteiger partial charge in [0.15, 0.2) is 5.65 Å². The number of aromatic nitrogens is 4. The topological polar surface area (TPSA) is 152 Å². The van der Waals surface area contributed by atoms with Gasteiger partial charge < -0.3 is 29.8 Å². The monoisotopic (exact) mass is 581 g/mol. The molecular formula is C29H39N7O6. The van der Waals surface area contributed by atoms with Crippen molar-refractivity contribution in [2.45, 2.75) is 83.1 Å². The number of aliphatic hydroxyl groups is 1. The second-order valence-corrected chi connectivity index (χ2v) is 12.2. The first-order chi connectivity index (χ1) is 19.8. The van der Waals surface area contributed by atoms with Gasteiger partial charge in [0.05, 0.1) is 17.8 Å². The molecule has 5 rings (SSSR count). The number of nitrogens with one attached hydrogen (secondary N) is 2. The molecule has 42 heavy (non-hydrogen) atoms. The Bertz CT molecular complexity index is 1530. The number of nitrogens with zero attached hydrogens (tertiary/aromatic N) is 5. The Balaban J connectivity index is 1.54. The van der Waals surface area contributed by atoms with Crippen LogP contribution in [0.1, 0.15) is 76.2 Å². The highest BCUT2D eigenvalue weighted by molar-refractivity contribution is 6.00. The highest BCUT2D eigenvalue weighted by atomic mass is 16.6. The fraction of sp³-hybridized carbons (Fsp3) is 0.552. The first-order valence-corrected chi connectivity index (χ1v) is 14.3. The Labute approximate surface area is 243 Å². The molecule has 0 spiro atoms. The van der Waals surface area contributed by atoms with E-state index in [2.05, 4.69) is 20.7 Å². The van der Waals surface area contributed by atoms with Crippen LogP contribution in [0.25, 0.3) is 5.65 Å². The van der Waals surface area contributed by atoms with Gasteiger partial charge in [-0.1, -0.05) is 0 Å². The van der Waals surface area contributed by atoms with Crippen LogP contribution in [0.15, 0.2) is 35.4 Å². The minimum absolute atomic E-state index is 0.0234. The summed E-state index contributed by atoms with van der Waals surface area (Å²) in [6.07, 6.45) is 6.01. The first-order valence-electron chi connectivity index (χ1n) is 14.3. The van der Waals surface area contributed by atoms with Crippen molar-refractivity contribution in [3.05, 3.63) is 46.5 Å². The van der Waals surface area contributed by atoms with Gasteiger partial charge in [-0.15, -0.1) is 0 Å². The van der Waals surface area contributed by atoms with Crippen LogP contribution in [0.2, 0.25) is 0 Å². The molecule has 13 heteroatoms. The lowest BCUT2D eigenvalue weighted by Crippen LogP contribution is -2.47. The molecule has 1 saturated carbocycles. The zero-order valence-corrected chi connectivity index (χ0v) is 24.7. The molecule has 13 nitrogen and oxygen atoms in total. The quantitative estimate of drug-likeness (QED) is 0.398. The molecule has 226 valence electrons. The summed E-state index contributed by atoms with van der Waals surface area (Å²) in [6.45, 7) is 8.19. The minimum Gasteiger partial charge on any atom is -0.443 e. The molecule has 2 aliphatic rings. The summed E-state index contributed by atoms with van der Waals surface area (Å²) in [6, 6.07) is 4.62. The molecule has 3 aromatic heterocycles. The van der Waals surface area contributed by atoms with Crippen LogP contribution in [-0.2, 0) is 9.47 Å². The number of anilines is 3. The molecule has 3 aromatic rings. The van der Waals surface area contributed by atoms with Gasteiger partial charge in [-0.25, -0.2) is 9.78 Å². The van der Waals surface area contributed by atoms with E-state index in [1.807, 2.05) is 0 Å². The minimum atomic E-state index is -1.02. The van der Waals surface area contributed by atoms with Gasteiger partial charge >= 0.3 is 6.09 Å². The second kappa shape index (κ2) is 11.4. The Morgan fingerprint density at radius 1 is 1.24 bits per heavy atom. The van der Waals surface area contributed by atoms with Crippen LogP contribution in [0.4, 0.5) is 22.1 Å². The summed E-state index contributed by atoms with van der Waals surface area (Å²) in [4.78, 5) is 45.8. The van der Waals surface area contributed by atoms with Gasteiger partial charge in [-0.3, -0.25) is 14.5 Å². The van der Waals surface area contributed by atoms with E-state index in [1.165, 1.54) is 22.7 Å². The van der Waals surface area contributed by atoms with Crippen molar-refractivity contribution < 1.29 is 24.2 Å². The van der Waals surface area contributed by atoms with E-state index in [1.54, 1.807) is 56.7 Å². The molecule has 1 aliphatic carbocycles. The van der Waals surface area contributed by atoms with Gasteiger partial charge in [0.25, 0.3) is 11.5 Å². The number of hydrogen-bond acceptors (Lipinski definition) is 9. The molecule has 1 aliphatic heterocycles. The summed E-state index contributed by atoms with van der Waals surface area (Å²) < 4.78 is 14.1. The molecule has 1 unspecified atom stereocenters. The predicted molar refractivity (Wildman–Crippen MR) is 156 cm³/mol. The average Bonchev–Trinajstić information content (AvgIpc) is 3.51. The lowest BCUT2D eigenvalue weighted by atomic mass is 10.0. The van der Waals surface area contributed by atoms with Crippen LogP contribution in [-0.4, -0.2) is 73.8 Å². The largest absolute Gasteiger partial charge is 0.443 e. The predicted octanol–water partition coefficient (Wildman–Crippen LogP) is 3.39. The van der Waals surface area contributed by atoms with Gasteiger partial charge in [0.1, 0.15) is 28.5 Å². The molecule has 0 bridgehead atoms. The molecule has 3 N–H and O–H groups in total. The Morgan fingerprint density at radius 2 is 1.98 bits per heavy atom. The van der Waals surface area contributed by atoms with Crippen molar-refractivity contribution in [2.24, 2.45) is 0 Å². The van der Waals surface area contributed by atoms with Crippen LogP contribution in [0.5, 0.6) is 0 Å². The van der Waals surface area contributed by atoms with Crippen molar-refractivity contribution in [3.63, 3.8) is 0 Å². The van der Waals surface area contributed by atoms with Crippen molar-refractivity contribution in [1.29, 1.82) is 0 Å². The average molecular weight is 582 g/mol. The van der Waals surface area contributed by atoms with E-state index in [-0.39, 0.29) is 34.4 Å². The SMILES string of the molecule is CN(C(=O)OC(C)(C)C)c1cc(Nc2cccn(C3CCOCC3)c2=O)nc2c(C(=O)NC3CCC[C@]3(C)O)cnn12. The third kappa shape index (κ3) is 6.12. The van der Waals surface area contributed by atoms with E-state index >= 15 is 0 Å². The maximum Gasteiger partial charge on any atom is 0.415 e. The van der Waals surface area contributed by atoms with E-state index in [9.17, 15) is 19.5 Å². The molecule has 0 aromatic carbocycles. The standard InChI is InChI=1S/C29H39N7O6/c1-28(2,3)42-27(39)34(5)23-16-22(31-20-8-7-13-35(26(20)38)18-10-14-41-15-11-18)33-24-19(17-30-36(23)24)25(37)32-21-9-6-12-29(21,4)40/h7-8,13,16-18,21,40H,6,9-12,14-15H2,1-5H3,(H,31,33)(H,32,37)/t21?,29-/m0/s1. The molecule has 2 atom stereocenters. The lowest BCUT2D eigenvalue weighted by Gasteiger charge is -2.26. The highest BCUT2D eigenvalue weighted by Crippen LogP contribution is 2.30. The van der Waals surface area contributed by atoms with E-state index in [4.69, 9.17) is 9.47 Å². The maximum atomic E-state index is 13.4. The Morgan fingerprint density at radius 3 is 2.64 bits per heavy atom. The molecule has 0 radical (unpaired) electrons. The summed E-state index contributed by atoms with van der Waals surface area (Å²) in [5.41, 5.74) is -1.36. The third-order valence-electron chi connectivity index (χ3n) is 7.76. The molecule has 4 heterocycles. The number of amides is 2. The third-order valence-corrected chi connectivity index (χ3v) is 7.76. The van der Waals surface area contributed by atoms with Crippen molar-refractivity contribution >= 4 is 35.0 Å². The second-order valence-electron chi connectivity index (χ2n) is 12.2. The zero-order valence-electron chi connectivity index (χ0n) is 24.7. The summed E-state index contributed by atoms with van der Waals surface area (Å²) in [5.74, 6) is 0.0516. The Hall–Kier alpha value is -3.97. The number of pyridine rings is 1. The number of hydrogen-bond donors (Lipinski definition) is 3. The normalized spacial score (nSPS) is 21.3. The number of carbonyl (C=O) groups is 2. The highest BCUT2D eigenvalue weighted by Gasteiger charge is 2.38. The number of ether oxygens (including phenoxy) is 2. The van der Waals surface area contributed by atoms with E-state index in [0.29, 0.717) is 31.7 Å². The molecule has 2 amide bonds. The summed E-state index contributed by atoms with van der Waals surface area (Å²) in [7, 11) is 1.53. The number of carbonyl (C=O) groups excluding carboxylic acids is 2. The van der Waals surface area contributed by atoms with Crippen LogP contribution < -0.4 is 21.1 Å². The van der Waals surface area contributed by atoms with Gasteiger partial charge in [0.2, 0.25) is 0 Å². The maximum absolute atomic E-state index is 13.4. The number of fused-ring (bicyclic) bond motifs is 1. The lowest BCUT2D eigenvalue weighted by molar-refractivity contribution is 0.0368. The van der Waals surface area contributed by atoms with Crippen molar-refractivity contribution in [1.82, 2.24) is 24.5 Å². The zero-order chi connectivity index (χ0) is 30.2. The fourth-order valence-corrected chi connectivity index (χ4v) is 5.44. The molecule has 2 fully saturated rings. The van der Waals surface area contributed by atoms with Gasteiger partial charge in [-0.05, 0) is 71.9 Å². The van der Waals surface area contributed by atoms with Crippen LogP contribution in [0.3, 0.4) is 0 Å². The number of rotatable bonds is 6. The van der Waals surface area contributed by atoms with Gasteiger partial charge in [-0.2, -0.15) is 9.61 Å².